The van der Waals surface area contributed by atoms with Crippen LogP contribution in [0.25, 0.3) is 0 Å². The second-order valence-corrected chi connectivity index (χ2v) is 4.49. The van der Waals surface area contributed by atoms with E-state index in [0.717, 1.165) is 38.3 Å². The van der Waals surface area contributed by atoms with Crippen LogP contribution in [0.3, 0.4) is 0 Å². The number of ether oxygens (including phenoxy) is 1. The molecule has 0 amide bonds. The van der Waals surface area contributed by atoms with Crippen molar-refractivity contribution in [3.8, 4) is 0 Å². The number of rotatable bonds is 7. The standard InChI is InChI=1S/C12H21N3O2/c1-3-13-8-12-15-14-11(17-12)7-9-5-10(6-9)16-4-2/h9-10,13H,3-8H2,1-2H3. The zero-order valence-electron chi connectivity index (χ0n) is 10.6. The summed E-state index contributed by atoms with van der Waals surface area (Å²) in [7, 11) is 0. The van der Waals surface area contributed by atoms with E-state index < -0.39 is 0 Å². The minimum atomic E-state index is 0.453. The summed E-state index contributed by atoms with van der Waals surface area (Å²) < 4.78 is 11.1. The van der Waals surface area contributed by atoms with Gasteiger partial charge in [-0.25, -0.2) is 0 Å². The summed E-state index contributed by atoms with van der Waals surface area (Å²) in [4.78, 5) is 0. The van der Waals surface area contributed by atoms with Crippen LogP contribution in [0.2, 0.25) is 0 Å². The highest BCUT2D eigenvalue weighted by Crippen LogP contribution is 2.32. The van der Waals surface area contributed by atoms with E-state index in [1.165, 1.54) is 0 Å². The third-order valence-electron chi connectivity index (χ3n) is 3.09. The molecule has 0 saturated heterocycles. The monoisotopic (exact) mass is 239 g/mol. The van der Waals surface area contributed by atoms with Gasteiger partial charge in [-0.3, -0.25) is 0 Å². The lowest BCUT2D eigenvalue weighted by Crippen LogP contribution is -2.32. The normalized spacial score (nSPS) is 23.6. The van der Waals surface area contributed by atoms with Gasteiger partial charge in [-0.05, 0) is 32.2 Å². The lowest BCUT2D eigenvalue weighted by atomic mass is 9.80. The Labute approximate surface area is 102 Å². The summed E-state index contributed by atoms with van der Waals surface area (Å²) in [5, 5.41) is 11.2. The Balaban J connectivity index is 1.71. The number of hydrogen-bond donors (Lipinski definition) is 1. The minimum Gasteiger partial charge on any atom is -0.424 e. The summed E-state index contributed by atoms with van der Waals surface area (Å²) >= 11 is 0. The van der Waals surface area contributed by atoms with E-state index in [4.69, 9.17) is 9.15 Å². The Hall–Kier alpha value is -0.940. The van der Waals surface area contributed by atoms with E-state index >= 15 is 0 Å². The molecule has 1 heterocycles. The van der Waals surface area contributed by atoms with Gasteiger partial charge in [-0.15, -0.1) is 10.2 Å². The largest absolute Gasteiger partial charge is 0.424 e. The average Bonchev–Trinajstić information content (AvgIpc) is 2.71. The van der Waals surface area contributed by atoms with Gasteiger partial charge >= 0.3 is 0 Å². The summed E-state index contributed by atoms with van der Waals surface area (Å²) in [6.45, 7) is 6.48. The van der Waals surface area contributed by atoms with Crippen LogP contribution in [0.1, 0.15) is 38.5 Å². The predicted octanol–water partition coefficient (Wildman–Crippen LogP) is 1.54. The van der Waals surface area contributed by atoms with E-state index in [9.17, 15) is 0 Å². The average molecular weight is 239 g/mol. The number of aromatic nitrogens is 2. The van der Waals surface area contributed by atoms with Gasteiger partial charge in [0.2, 0.25) is 11.8 Å². The van der Waals surface area contributed by atoms with Crippen molar-refractivity contribution in [3.63, 3.8) is 0 Å². The van der Waals surface area contributed by atoms with E-state index in [1.54, 1.807) is 0 Å². The maximum Gasteiger partial charge on any atom is 0.230 e. The van der Waals surface area contributed by atoms with Crippen molar-refractivity contribution in [1.29, 1.82) is 0 Å². The molecule has 0 atom stereocenters. The van der Waals surface area contributed by atoms with E-state index in [2.05, 4.69) is 22.4 Å². The molecule has 5 heteroatoms. The predicted molar refractivity (Wildman–Crippen MR) is 63.5 cm³/mol. The van der Waals surface area contributed by atoms with Gasteiger partial charge in [0.15, 0.2) is 0 Å². The van der Waals surface area contributed by atoms with Crippen LogP contribution in [-0.2, 0) is 17.7 Å². The molecule has 0 unspecified atom stereocenters. The fraction of sp³-hybridized carbons (Fsp3) is 0.833. The molecular formula is C12H21N3O2. The van der Waals surface area contributed by atoms with Gasteiger partial charge < -0.3 is 14.5 Å². The van der Waals surface area contributed by atoms with Crippen molar-refractivity contribution in [1.82, 2.24) is 15.5 Å². The molecule has 96 valence electrons. The van der Waals surface area contributed by atoms with Crippen molar-refractivity contribution >= 4 is 0 Å². The Morgan fingerprint density at radius 2 is 2.06 bits per heavy atom. The molecule has 0 aliphatic heterocycles. The highest BCUT2D eigenvalue weighted by Gasteiger charge is 2.30. The topological polar surface area (TPSA) is 60.2 Å². The van der Waals surface area contributed by atoms with Crippen molar-refractivity contribution in [3.05, 3.63) is 11.8 Å². The third kappa shape index (κ3) is 3.51. The SMILES string of the molecule is CCNCc1nnc(CC2CC(OCC)C2)o1. The molecule has 1 fully saturated rings. The zero-order chi connectivity index (χ0) is 12.1. The summed E-state index contributed by atoms with van der Waals surface area (Å²) in [6, 6.07) is 0. The van der Waals surface area contributed by atoms with Gasteiger partial charge in [0.25, 0.3) is 0 Å². The lowest BCUT2D eigenvalue weighted by Gasteiger charge is -2.33. The third-order valence-corrected chi connectivity index (χ3v) is 3.09. The van der Waals surface area contributed by atoms with E-state index in [-0.39, 0.29) is 0 Å². The van der Waals surface area contributed by atoms with Crippen molar-refractivity contribution < 1.29 is 9.15 Å². The van der Waals surface area contributed by atoms with Gasteiger partial charge in [0.1, 0.15) is 0 Å². The quantitative estimate of drug-likeness (QED) is 0.782. The van der Waals surface area contributed by atoms with Crippen molar-refractivity contribution in [2.45, 2.75) is 45.8 Å². The molecule has 5 nitrogen and oxygen atoms in total. The van der Waals surface area contributed by atoms with E-state index in [0.29, 0.717) is 24.5 Å². The molecule has 1 aliphatic carbocycles. The first-order valence-electron chi connectivity index (χ1n) is 6.45. The Morgan fingerprint density at radius 1 is 1.29 bits per heavy atom. The maximum atomic E-state index is 5.56. The first-order valence-corrected chi connectivity index (χ1v) is 6.45. The highest BCUT2D eigenvalue weighted by atomic mass is 16.5. The molecule has 1 aromatic heterocycles. The second kappa shape index (κ2) is 6.12. The fourth-order valence-electron chi connectivity index (χ4n) is 2.13. The van der Waals surface area contributed by atoms with Crippen molar-refractivity contribution in [2.24, 2.45) is 5.92 Å². The van der Waals surface area contributed by atoms with Gasteiger partial charge in [-0.1, -0.05) is 6.92 Å². The first-order chi connectivity index (χ1) is 8.31. The smallest absolute Gasteiger partial charge is 0.230 e. The molecule has 0 aromatic carbocycles. The Kier molecular flexibility index (Phi) is 4.50. The van der Waals surface area contributed by atoms with Crippen molar-refractivity contribution in [2.75, 3.05) is 13.2 Å². The molecule has 1 aliphatic rings. The molecule has 0 radical (unpaired) electrons. The molecule has 0 bridgehead atoms. The second-order valence-electron chi connectivity index (χ2n) is 4.49. The zero-order valence-corrected chi connectivity index (χ0v) is 10.6. The van der Waals surface area contributed by atoms with E-state index in [1.807, 2.05) is 6.92 Å². The minimum absolute atomic E-state index is 0.453. The molecule has 1 aromatic rings. The molecule has 17 heavy (non-hydrogen) atoms. The maximum absolute atomic E-state index is 5.56. The molecule has 1 saturated carbocycles. The molecule has 1 N–H and O–H groups in total. The number of nitrogens with one attached hydrogen (secondary N) is 1. The molecular weight excluding hydrogens is 218 g/mol. The number of hydrogen-bond acceptors (Lipinski definition) is 5. The Morgan fingerprint density at radius 3 is 2.76 bits per heavy atom. The fourth-order valence-corrected chi connectivity index (χ4v) is 2.13. The van der Waals surface area contributed by atoms with Gasteiger partial charge in [0.05, 0.1) is 12.6 Å². The van der Waals surface area contributed by atoms with Crippen LogP contribution >= 0.6 is 0 Å². The first kappa shape index (κ1) is 12.5. The van der Waals surface area contributed by atoms with Crippen LogP contribution < -0.4 is 5.32 Å². The van der Waals surface area contributed by atoms with Crippen LogP contribution in [0, 0.1) is 5.92 Å². The summed E-state index contributed by atoms with van der Waals surface area (Å²) in [5.74, 6) is 2.10. The van der Waals surface area contributed by atoms with Crippen LogP contribution in [0.4, 0.5) is 0 Å². The summed E-state index contributed by atoms with van der Waals surface area (Å²) in [6.07, 6.45) is 3.59. The molecule has 2 rings (SSSR count). The Bertz CT molecular complexity index is 334. The summed E-state index contributed by atoms with van der Waals surface area (Å²) in [5.41, 5.74) is 0. The van der Waals surface area contributed by atoms with Gasteiger partial charge in [0, 0.05) is 13.0 Å². The van der Waals surface area contributed by atoms with Crippen LogP contribution in [0.15, 0.2) is 4.42 Å². The van der Waals surface area contributed by atoms with Crippen LogP contribution in [-0.4, -0.2) is 29.5 Å². The number of nitrogens with zero attached hydrogens (tertiary/aromatic N) is 2. The lowest BCUT2D eigenvalue weighted by molar-refractivity contribution is -0.0255. The highest BCUT2D eigenvalue weighted by molar-refractivity contribution is 4.90. The van der Waals surface area contributed by atoms with Crippen LogP contribution in [0.5, 0.6) is 0 Å². The van der Waals surface area contributed by atoms with Gasteiger partial charge in [-0.2, -0.15) is 0 Å². The molecule has 0 spiro atoms.